The van der Waals surface area contributed by atoms with Gasteiger partial charge in [0, 0.05) is 6.07 Å². The van der Waals surface area contributed by atoms with Gasteiger partial charge in [-0.15, -0.1) is 0 Å². The Hall–Kier alpha value is -3.32. The number of anilines is 1. The van der Waals surface area contributed by atoms with Crippen LogP contribution in [0.3, 0.4) is 0 Å². The number of benzene rings is 3. The molecule has 156 valence electrons. The van der Waals surface area contributed by atoms with E-state index in [-0.39, 0.29) is 10.6 Å². The van der Waals surface area contributed by atoms with Gasteiger partial charge in [0.15, 0.2) is 6.10 Å². The second-order valence-corrected chi connectivity index (χ2v) is 8.48. The second-order valence-electron chi connectivity index (χ2n) is 6.70. The third kappa shape index (κ3) is 4.63. The SMILES string of the molecule is COc1cccc(OC(C)C(=O)N(c2ccc(C)cc2)S(=O)(=O)c2ccccc2)c1. The molecule has 0 aliphatic carbocycles. The van der Waals surface area contributed by atoms with Gasteiger partial charge in [0.25, 0.3) is 15.9 Å². The molecule has 6 nitrogen and oxygen atoms in total. The van der Waals surface area contributed by atoms with Gasteiger partial charge in [0.05, 0.1) is 17.7 Å². The van der Waals surface area contributed by atoms with Gasteiger partial charge in [-0.25, -0.2) is 8.42 Å². The highest BCUT2D eigenvalue weighted by atomic mass is 32.2. The van der Waals surface area contributed by atoms with Gasteiger partial charge in [-0.3, -0.25) is 4.79 Å². The maximum atomic E-state index is 13.3. The van der Waals surface area contributed by atoms with Gasteiger partial charge in [-0.05, 0) is 50.2 Å². The molecule has 0 fully saturated rings. The van der Waals surface area contributed by atoms with E-state index in [0.29, 0.717) is 11.5 Å². The molecule has 1 unspecified atom stereocenters. The first-order valence-corrected chi connectivity index (χ1v) is 10.8. The minimum absolute atomic E-state index is 0.0208. The van der Waals surface area contributed by atoms with Crippen molar-refractivity contribution in [3.8, 4) is 11.5 Å². The summed E-state index contributed by atoms with van der Waals surface area (Å²) in [6.07, 6.45) is -1.06. The van der Waals surface area contributed by atoms with Crippen LogP contribution in [0, 0.1) is 6.92 Å². The first kappa shape index (κ1) is 21.4. The molecule has 0 heterocycles. The Balaban J connectivity index is 1.98. The molecule has 3 aromatic rings. The molecule has 0 radical (unpaired) electrons. The summed E-state index contributed by atoms with van der Waals surface area (Å²) in [4.78, 5) is 13.3. The highest BCUT2D eigenvalue weighted by Gasteiger charge is 2.34. The van der Waals surface area contributed by atoms with Crippen LogP contribution < -0.4 is 13.8 Å². The lowest BCUT2D eigenvalue weighted by Crippen LogP contribution is -2.44. The van der Waals surface area contributed by atoms with Crippen LogP contribution in [0.1, 0.15) is 12.5 Å². The molecule has 0 spiro atoms. The minimum atomic E-state index is -4.14. The molecule has 0 aliphatic heterocycles. The minimum Gasteiger partial charge on any atom is -0.497 e. The van der Waals surface area contributed by atoms with Crippen molar-refractivity contribution in [1.82, 2.24) is 0 Å². The van der Waals surface area contributed by atoms with Gasteiger partial charge in [0.2, 0.25) is 0 Å². The summed E-state index contributed by atoms with van der Waals surface area (Å²) in [7, 11) is -2.61. The van der Waals surface area contributed by atoms with Crippen molar-refractivity contribution >= 4 is 21.6 Å². The van der Waals surface area contributed by atoms with E-state index >= 15 is 0 Å². The largest absolute Gasteiger partial charge is 0.497 e. The topological polar surface area (TPSA) is 72.9 Å². The normalized spacial score (nSPS) is 12.1. The summed E-state index contributed by atoms with van der Waals surface area (Å²) in [5.74, 6) is 0.265. The average Bonchev–Trinajstić information content (AvgIpc) is 2.75. The Morgan fingerprint density at radius 2 is 1.53 bits per heavy atom. The molecule has 3 rings (SSSR count). The number of carbonyl (C=O) groups excluding carboxylic acids is 1. The van der Waals surface area contributed by atoms with Crippen molar-refractivity contribution in [1.29, 1.82) is 0 Å². The van der Waals surface area contributed by atoms with E-state index < -0.39 is 22.0 Å². The maximum Gasteiger partial charge on any atom is 0.281 e. The van der Waals surface area contributed by atoms with Crippen molar-refractivity contribution < 1.29 is 22.7 Å². The number of aryl methyl sites for hydroxylation is 1. The second kappa shape index (κ2) is 9.00. The molecular formula is C23H23NO5S. The van der Waals surface area contributed by atoms with Crippen LogP contribution in [0.5, 0.6) is 11.5 Å². The number of hydrogen-bond acceptors (Lipinski definition) is 5. The van der Waals surface area contributed by atoms with E-state index in [2.05, 4.69) is 0 Å². The summed E-state index contributed by atoms with van der Waals surface area (Å²) >= 11 is 0. The van der Waals surface area contributed by atoms with E-state index in [0.717, 1.165) is 9.87 Å². The lowest BCUT2D eigenvalue weighted by atomic mass is 10.2. The number of carbonyl (C=O) groups is 1. The molecule has 0 aliphatic rings. The molecule has 0 aromatic heterocycles. The Morgan fingerprint density at radius 3 is 2.17 bits per heavy atom. The highest BCUT2D eigenvalue weighted by molar-refractivity contribution is 7.93. The predicted molar refractivity (Wildman–Crippen MR) is 115 cm³/mol. The van der Waals surface area contributed by atoms with Gasteiger partial charge in [-0.1, -0.05) is 42.0 Å². The zero-order valence-corrected chi connectivity index (χ0v) is 17.8. The standard InChI is InChI=1S/C23H23NO5S/c1-17-12-14-19(15-13-17)24(30(26,27)22-10-5-4-6-11-22)23(25)18(2)29-21-9-7-8-20(16-21)28-3/h4-16,18H,1-3H3. The number of sulfonamides is 1. The van der Waals surface area contributed by atoms with Crippen molar-refractivity contribution in [2.75, 3.05) is 11.4 Å². The van der Waals surface area contributed by atoms with E-state index in [9.17, 15) is 13.2 Å². The van der Waals surface area contributed by atoms with Crippen LogP contribution in [0.15, 0.2) is 83.8 Å². The molecule has 7 heteroatoms. The summed E-state index contributed by atoms with van der Waals surface area (Å²) in [6, 6.07) is 21.3. The van der Waals surface area contributed by atoms with Crippen molar-refractivity contribution in [3.63, 3.8) is 0 Å². The van der Waals surface area contributed by atoms with E-state index in [4.69, 9.17) is 9.47 Å². The zero-order valence-electron chi connectivity index (χ0n) is 17.0. The van der Waals surface area contributed by atoms with Crippen LogP contribution >= 0.6 is 0 Å². The van der Waals surface area contributed by atoms with Crippen LogP contribution in [0.4, 0.5) is 5.69 Å². The van der Waals surface area contributed by atoms with Gasteiger partial charge >= 0.3 is 0 Å². The quantitative estimate of drug-likeness (QED) is 0.567. The summed E-state index contributed by atoms with van der Waals surface area (Å²) < 4.78 is 38.4. The smallest absolute Gasteiger partial charge is 0.281 e. The molecule has 1 atom stereocenters. The fourth-order valence-corrected chi connectivity index (χ4v) is 4.35. The average molecular weight is 426 g/mol. The molecule has 0 saturated heterocycles. The molecule has 0 N–H and O–H groups in total. The zero-order chi connectivity index (χ0) is 21.7. The van der Waals surface area contributed by atoms with Gasteiger partial charge in [-0.2, -0.15) is 4.31 Å². The summed E-state index contributed by atoms with van der Waals surface area (Å²) in [6.45, 7) is 3.40. The first-order chi connectivity index (χ1) is 14.3. The Morgan fingerprint density at radius 1 is 0.900 bits per heavy atom. The maximum absolute atomic E-state index is 13.3. The highest BCUT2D eigenvalue weighted by Crippen LogP contribution is 2.27. The van der Waals surface area contributed by atoms with Crippen molar-refractivity contribution in [3.05, 3.63) is 84.4 Å². The number of nitrogens with zero attached hydrogens (tertiary/aromatic N) is 1. The molecule has 0 bridgehead atoms. The van der Waals surface area contributed by atoms with Crippen LogP contribution in [0.25, 0.3) is 0 Å². The van der Waals surface area contributed by atoms with Crippen molar-refractivity contribution in [2.45, 2.75) is 24.8 Å². The number of methoxy groups -OCH3 is 1. The molecule has 1 amide bonds. The van der Waals surface area contributed by atoms with E-state index in [1.807, 2.05) is 6.92 Å². The number of rotatable bonds is 7. The lowest BCUT2D eigenvalue weighted by Gasteiger charge is -2.26. The van der Waals surface area contributed by atoms with E-state index in [1.54, 1.807) is 66.7 Å². The number of hydrogen-bond donors (Lipinski definition) is 0. The summed E-state index contributed by atoms with van der Waals surface area (Å²) in [5.41, 5.74) is 1.19. The third-order valence-corrected chi connectivity index (χ3v) is 6.19. The monoisotopic (exact) mass is 425 g/mol. The van der Waals surface area contributed by atoms with E-state index in [1.165, 1.54) is 26.2 Å². The van der Waals surface area contributed by atoms with Crippen LogP contribution in [-0.2, 0) is 14.8 Å². The predicted octanol–water partition coefficient (Wildman–Crippen LogP) is 4.19. The molecule has 30 heavy (non-hydrogen) atoms. The fraction of sp³-hybridized carbons (Fsp3) is 0.174. The van der Waals surface area contributed by atoms with Crippen LogP contribution in [-0.4, -0.2) is 27.5 Å². The fourth-order valence-electron chi connectivity index (χ4n) is 2.86. The van der Waals surface area contributed by atoms with Crippen molar-refractivity contribution in [2.24, 2.45) is 0 Å². The van der Waals surface area contributed by atoms with Gasteiger partial charge < -0.3 is 9.47 Å². The lowest BCUT2D eigenvalue weighted by molar-refractivity contribution is -0.123. The van der Waals surface area contributed by atoms with Gasteiger partial charge in [0.1, 0.15) is 11.5 Å². The Kier molecular flexibility index (Phi) is 6.42. The Bertz CT molecular complexity index is 1110. The molecule has 3 aromatic carbocycles. The van der Waals surface area contributed by atoms with Crippen LogP contribution in [0.2, 0.25) is 0 Å². The number of amides is 1. The number of ether oxygens (including phenoxy) is 2. The third-order valence-electron chi connectivity index (χ3n) is 4.45. The molecular weight excluding hydrogens is 402 g/mol. The molecule has 0 saturated carbocycles. The summed E-state index contributed by atoms with van der Waals surface area (Å²) in [5, 5.41) is 0. The Labute approximate surface area is 176 Å². The first-order valence-electron chi connectivity index (χ1n) is 9.34.